The summed E-state index contributed by atoms with van der Waals surface area (Å²) in [5.41, 5.74) is 3.54. The number of aliphatic hydroxyl groups is 1. The van der Waals surface area contributed by atoms with Gasteiger partial charge in [0.25, 0.3) is 0 Å². The first-order valence-corrected chi connectivity index (χ1v) is 9.15. The molecule has 124 valence electrons. The van der Waals surface area contributed by atoms with Crippen LogP contribution < -0.4 is 5.32 Å². The molecule has 0 aliphatic rings. The van der Waals surface area contributed by atoms with Gasteiger partial charge in [-0.1, -0.05) is 66.7 Å². The van der Waals surface area contributed by atoms with E-state index >= 15 is 0 Å². The molecule has 0 aliphatic heterocycles. The van der Waals surface area contributed by atoms with Gasteiger partial charge in [-0.2, -0.15) is 0 Å². The first kappa shape index (κ1) is 15.9. The molecule has 0 aliphatic carbocycles. The van der Waals surface area contributed by atoms with Gasteiger partial charge in [-0.05, 0) is 29.3 Å². The van der Waals surface area contributed by atoms with E-state index in [0.29, 0.717) is 0 Å². The van der Waals surface area contributed by atoms with Gasteiger partial charge in [0, 0.05) is 20.7 Å². The first-order valence-electron chi connectivity index (χ1n) is 8.34. The lowest BCUT2D eigenvalue weighted by Gasteiger charge is -2.21. The Bertz CT molecular complexity index is 924. The lowest BCUT2D eigenvalue weighted by atomic mass is 9.98. The molecule has 0 amide bonds. The van der Waals surface area contributed by atoms with Crippen LogP contribution in [0.3, 0.4) is 0 Å². The quantitative estimate of drug-likeness (QED) is 0.494. The third kappa shape index (κ3) is 3.29. The Morgan fingerprint density at radius 2 is 1.44 bits per heavy atom. The molecule has 0 spiro atoms. The van der Waals surface area contributed by atoms with Crippen LogP contribution in [0.5, 0.6) is 0 Å². The summed E-state index contributed by atoms with van der Waals surface area (Å²) in [6.45, 7) is 0.0829. The summed E-state index contributed by atoms with van der Waals surface area (Å²) in [5.74, 6) is 0. The van der Waals surface area contributed by atoms with E-state index in [2.05, 4.69) is 78.1 Å². The summed E-state index contributed by atoms with van der Waals surface area (Å²) in [6.07, 6.45) is 0. The zero-order valence-corrected chi connectivity index (χ0v) is 14.5. The van der Waals surface area contributed by atoms with Crippen LogP contribution in [0.15, 0.2) is 84.9 Å². The fourth-order valence-corrected chi connectivity index (χ4v) is 4.07. The normalized spacial score (nSPS) is 11.1. The second-order valence-electron chi connectivity index (χ2n) is 5.99. The molecule has 1 aromatic heterocycles. The average molecular weight is 345 g/mol. The first-order chi connectivity index (χ1) is 12.3. The van der Waals surface area contributed by atoms with E-state index in [1.54, 1.807) is 11.3 Å². The molecule has 2 N–H and O–H groups in total. The van der Waals surface area contributed by atoms with Crippen LogP contribution in [-0.4, -0.2) is 5.11 Å². The van der Waals surface area contributed by atoms with Crippen molar-refractivity contribution < 1.29 is 5.11 Å². The average Bonchev–Trinajstić information content (AvgIpc) is 3.11. The van der Waals surface area contributed by atoms with Gasteiger partial charge in [0.2, 0.25) is 0 Å². The van der Waals surface area contributed by atoms with E-state index in [-0.39, 0.29) is 12.6 Å². The maximum Gasteiger partial charge on any atom is 0.0774 e. The Hall–Kier alpha value is -2.62. The lowest BCUT2D eigenvalue weighted by Crippen LogP contribution is -2.12. The monoisotopic (exact) mass is 345 g/mol. The number of thiophene rings is 1. The van der Waals surface area contributed by atoms with Crippen LogP contribution in [0, 0.1) is 0 Å². The van der Waals surface area contributed by atoms with Gasteiger partial charge in [-0.25, -0.2) is 0 Å². The fraction of sp³-hybridized carbons (Fsp3) is 0.0909. The zero-order chi connectivity index (χ0) is 17.1. The summed E-state index contributed by atoms with van der Waals surface area (Å²) in [6, 6.07) is 29.4. The lowest BCUT2D eigenvalue weighted by molar-refractivity contribution is 0.285. The number of anilines is 1. The van der Waals surface area contributed by atoms with Crippen LogP contribution in [0.4, 0.5) is 5.69 Å². The van der Waals surface area contributed by atoms with Crippen LogP contribution in [0.25, 0.3) is 10.1 Å². The van der Waals surface area contributed by atoms with Crippen molar-refractivity contribution in [2.45, 2.75) is 12.6 Å². The van der Waals surface area contributed by atoms with E-state index in [9.17, 15) is 5.11 Å². The molecule has 0 saturated heterocycles. The molecule has 25 heavy (non-hydrogen) atoms. The second-order valence-corrected chi connectivity index (χ2v) is 7.16. The molecule has 2 nitrogen and oxygen atoms in total. The van der Waals surface area contributed by atoms with E-state index < -0.39 is 0 Å². The standard InChI is InChI=1S/C22H19NOS/c24-15-18-14-19-20(12-7-13-21(19)25-18)23-22(16-8-3-1-4-9-16)17-10-5-2-6-11-17/h1-14,22-24H,15H2. The van der Waals surface area contributed by atoms with Gasteiger partial charge in [0.1, 0.15) is 0 Å². The van der Waals surface area contributed by atoms with Crippen molar-refractivity contribution in [2.24, 2.45) is 0 Å². The van der Waals surface area contributed by atoms with E-state index in [4.69, 9.17) is 0 Å². The zero-order valence-electron chi connectivity index (χ0n) is 13.7. The summed E-state index contributed by atoms with van der Waals surface area (Å²) < 4.78 is 1.19. The summed E-state index contributed by atoms with van der Waals surface area (Å²) in [4.78, 5) is 0.986. The van der Waals surface area contributed by atoms with Crippen LogP contribution in [0.2, 0.25) is 0 Å². The molecule has 4 aromatic rings. The van der Waals surface area contributed by atoms with Gasteiger partial charge in [0.05, 0.1) is 12.6 Å². The van der Waals surface area contributed by atoms with Crippen LogP contribution >= 0.6 is 11.3 Å². The topological polar surface area (TPSA) is 32.3 Å². The molecular weight excluding hydrogens is 326 g/mol. The molecule has 1 heterocycles. The summed E-state index contributed by atoms with van der Waals surface area (Å²) in [5, 5.41) is 14.3. The molecule has 3 aromatic carbocycles. The maximum atomic E-state index is 9.46. The van der Waals surface area contributed by atoms with Crippen molar-refractivity contribution in [3.8, 4) is 0 Å². The van der Waals surface area contributed by atoms with Gasteiger partial charge in [-0.3, -0.25) is 0 Å². The third-order valence-electron chi connectivity index (χ3n) is 4.33. The number of hydrogen-bond donors (Lipinski definition) is 2. The number of benzene rings is 3. The third-order valence-corrected chi connectivity index (χ3v) is 5.42. The Balaban J connectivity index is 1.78. The van der Waals surface area contributed by atoms with Crippen molar-refractivity contribution in [3.63, 3.8) is 0 Å². The molecule has 0 fully saturated rings. The van der Waals surface area contributed by atoms with Crippen molar-refractivity contribution >= 4 is 27.1 Å². The summed E-state index contributed by atoms with van der Waals surface area (Å²) >= 11 is 1.64. The number of aliphatic hydroxyl groups excluding tert-OH is 1. The van der Waals surface area contributed by atoms with E-state index in [0.717, 1.165) is 16.0 Å². The largest absolute Gasteiger partial charge is 0.391 e. The van der Waals surface area contributed by atoms with Crippen LogP contribution in [-0.2, 0) is 6.61 Å². The number of rotatable bonds is 5. The highest BCUT2D eigenvalue weighted by atomic mass is 32.1. The molecule has 0 radical (unpaired) electrons. The second kappa shape index (κ2) is 7.09. The van der Waals surface area contributed by atoms with Gasteiger partial charge >= 0.3 is 0 Å². The number of nitrogens with one attached hydrogen (secondary N) is 1. The van der Waals surface area contributed by atoms with Crippen molar-refractivity contribution in [3.05, 3.63) is 101 Å². The van der Waals surface area contributed by atoms with E-state index in [1.807, 2.05) is 12.1 Å². The van der Waals surface area contributed by atoms with Gasteiger partial charge < -0.3 is 10.4 Å². The molecule has 3 heteroatoms. The Labute approximate surface area is 151 Å². The van der Waals surface area contributed by atoms with Crippen molar-refractivity contribution in [2.75, 3.05) is 5.32 Å². The SMILES string of the molecule is OCc1cc2c(NC(c3ccccc3)c3ccccc3)cccc2s1. The van der Waals surface area contributed by atoms with Crippen LogP contribution in [0.1, 0.15) is 22.0 Å². The fourth-order valence-electron chi connectivity index (χ4n) is 3.12. The smallest absolute Gasteiger partial charge is 0.0774 e. The Morgan fingerprint density at radius 1 is 0.800 bits per heavy atom. The van der Waals surface area contributed by atoms with Crippen molar-refractivity contribution in [1.82, 2.24) is 0 Å². The molecular formula is C22H19NOS. The van der Waals surface area contributed by atoms with Gasteiger partial charge in [-0.15, -0.1) is 11.3 Å². The number of hydrogen-bond acceptors (Lipinski definition) is 3. The molecule has 0 bridgehead atoms. The minimum absolute atomic E-state index is 0.0745. The molecule has 4 rings (SSSR count). The molecule has 0 atom stereocenters. The predicted molar refractivity (Wildman–Crippen MR) is 106 cm³/mol. The molecule has 0 unspecified atom stereocenters. The number of fused-ring (bicyclic) bond motifs is 1. The minimum atomic E-state index is 0.0745. The highest BCUT2D eigenvalue weighted by Gasteiger charge is 2.15. The van der Waals surface area contributed by atoms with Crippen molar-refractivity contribution in [1.29, 1.82) is 0 Å². The van der Waals surface area contributed by atoms with Gasteiger partial charge in [0.15, 0.2) is 0 Å². The highest BCUT2D eigenvalue weighted by molar-refractivity contribution is 7.19. The molecule has 0 saturated carbocycles. The summed E-state index contributed by atoms with van der Waals surface area (Å²) in [7, 11) is 0. The Morgan fingerprint density at radius 3 is 2.04 bits per heavy atom. The Kier molecular flexibility index (Phi) is 4.51. The minimum Gasteiger partial charge on any atom is -0.391 e. The van der Waals surface area contributed by atoms with E-state index in [1.165, 1.54) is 15.8 Å². The maximum absolute atomic E-state index is 9.46. The highest BCUT2D eigenvalue weighted by Crippen LogP contribution is 2.34. The predicted octanol–water partition coefficient (Wildman–Crippen LogP) is 5.60.